The summed E-state index contributed by atoms with van der Waals surface area (Å²) in [6.07, 6.45) is 0.214. The molecule has 2 amide bonds. The zero-order chi connectivity index (χ0) is 16.8. The van der Waals surface area contributed by atoms with E-state index in [1.807, 2.05) is 6.92 Å². The third-order valence-corrected chi connectivity index (χ3v) is 2.56. The minimum absolute atomic E-state index is 0.323. The van der Waals surface area contributed by atoms with Crippen molar-refractivity contribution in [1.29, 1.82) is 0 Å². The number of hydrogen-bond acceptors (Lipinski definition) is 4. The molecule has 0 saturated carbocycles. The first-order chi connectivity index (χ1) is 9.39. The minimum atomic E-state index is -1.27. The van der Waals surface area contributed by atoms with Gasteiger partial charge >= 0.3 is 12.1 Å². The number of rotatable bonds is 6. The summed E-state index contributed by atoms with van der Waals surface area (Å²) in [7, 11) is 0. The highest BCUT2D eigenvalue weighted by atomic mass is 16.6. The third kappa shape index (κ3) is 7.53. The van der Waals surface area contributed by atoms with E-state index in [1.54, 1.807) is 20.8 Å². The molecule has 0 aromatic carbocycles. The van der Waals surface area contributed by atoms with E-state index >= 15 is 0 Å². The fourth-order valence-electron chi connectivity index (χ4n) is 1.50. The molecule has 0 spiro atoms. The molecule has 0 radical (unpaired) electrons. The predicted molar refractivity (Wildman–Crippen MR) is 77.9 cm³/mol. The average Bonchev–Trinajstić information content (AvgIpc) is 2.24. The molecule has 0 rings (SSSR count). The maximum absolute atomic E-state index is 12.1. The third-order valence-electron chi connectivity index (χ3n) is 2.56. The highest BCUT2D eigenvalue weighted by molar-refractivity contribution is 5.92. The first-order valence-electron chi connectivity index (χ1n) is 6.94. The number of carbonyl (C=O) groups is 3. The van der Waals surface area contributed by atoms with Gasteiger partial charge in [-0.15, -0.1) is 0 Å². The van der Waals surface area contributed by atoms with Gasteiger partial charge in [-0.2, -0.15) is 0 Å². The van der Waals surface area contributed by atoms with Crippen molar-refractivity contribution < 1.29 is 24.2 Å². The summed E-state index contributed by atoms with van der Waals surface area (Å²) in [4.78, 5) is 34.8. The van der Waals surface area contributed by atoms with Gasteiger partial charge in [-0.1, -0.05) is 13.3 Å². The quantitative estimate of drug-likeness (QED) is 0.692. The Morgan fingerprint density at radius 3 is 2.05 bits per heavy atom. The molecule has 0 aliphatic carbocycles. The monoisotopic (exact) mass is 302 g/mol. The summed E-state index contributed by atoms with van der Waals surface area (Å²) in [5.41, 5.74) is -1.95. The second-order valence-electron chi connectivity index (χ2n) is 6.40. The summed E-state index contributed by atoms with van der Waals surface area (Å²) in [6, 6.07) is -0.970. The van der Waals surface area contributed by atoms with Crippen molar-refractivity contribution in [3.8, 4) is 0 Å². The van der Waals surface area contributed by atoms with Crippen LogP contribution in [-0.2, 0) is 14.3 Å². The lowest BCUT2D eigenvalue weighted by atomic mass is 10.0. The molecule has 7 nitrogen and oxygen atoms in total. The fraction of sp³-hybridized carbons (Fsp3) is 0.786. The normalized spacial score (nSPS) is 13.2. The van der Waals surface area contributed by atoms with Gasteiger partial charge in [0.1, 0.15) is 17.2 Å². The molecule has 1 atom stereocenters. The summed E-state index contributed by atoms with van der Waals surface area (Å²) in [5.74, 6) is -1.67. The smallest absolute Gasteiger partial charge is 0.408 e. The van der Waals surface area contributed by atoms with E-state index < -0.39 is 35.2 Å². The van der Waals surface area contributed by atoms with Crippen molar-refractivity contribution in [3.05, 3.63) is 0 Å². The maximum atomic E-state index is 12.1. The minimum Gasteiger partial charge on any atom is -0.480 e. The van der Waals surface area contributed by atoms with Crippen LogP contribution >= 0.6 is 0 Å². The number of alkyl carbamates (subject to hydrolysis) is 1. The molecule has 0 aliphatic rings. The van der Waals surface area contributed by atoms with Crippen molar-refractivity contribution in [2.45, 2.75) is 71.6 Å². The SMILES string of the molecule is CCC[C@@H](NC(=O)C(C)(C)NC(=O)OC(C)(C)C)C(=O)O. The van der Waals surface area contributed by atoms with E-state index in [0.29, 0.717) is 12.8 Å². The van der Waals surface area contributed by atoms with Gasteiger partial charge < -0.3 is 20.5 Å². The summed E-state index contributed by atoms with van der Waals surface area (Å²) in [5, 5.41) is 13.9. The van der Waals surface area contributed by atoms with Gasteiger partial charge in [0.05, 0.1) is 0 Å². The van der Waals surface area contributed by atoms with Gasteiger partial charge in [-0.3, -0.25) is 4.79 Å². The maximum Gasteiger partial charge on any atom is 0.408 e. The molecule has 0 unspecified atom stereocenters. The Kier molecular flexibility index (Phi) is 6.66. The topological polar surface area (TPSA) is 105 Å². The van der Waals surface area contributed by atoms with Crippen LogP contribution in [-0.4, -0.2) is 40.3 Å². The Morgan fingerprint density at radius 2 is 1.67 bits per heavy atom. The number of carboxylic acid groups (broad SMARTS) is 1. The number of ether oxygens (including phenoxy) is 1. The Morgan fingerprint density at radius 1 is 1.14 bits per heavy atom. The van der Waals surface area contributed by atoms with Crippen molar-refractivity contribution in [2.24, 2.45) is 0 Å². The predicted octanol–water partition coefficient (Wildman–Crippen LogP) is 1.66. The Bertz CT molecular complexity index is 399. The number of hydrogen-bond donors (Lipinski definition) is 3. The summed E-state index contributed by atoms with van der Waals surface area (Å²) < 4.78 is 5.08. The van der Waals surface area contributed by atoms with Crippen molar-refractivity contribution in [1.82, 2.24) is 10.6 Å². The largest absolute Gasteiger partial charge is 0.480 e. The lowest BCUT2D eigenvalue weighted by Crippen LogP contribution is -2.58. The Hall–Kier alpha value is -1.79. The molecule has 0 heterocycles. The van der Waals surface area contributed by atoms with Gasteiger partial charge in [0.15, 0.2) is 0 Å². The summed E-state index contributed by atoms with van der Waals surface area (Å²) >= 11 is 0. The Labute approximate surface area is 125 Å². The molecule has 7 heteroatoms. The van der Waals surface area contributed by atoms with E-state index in [1.165, 1.54) is 13.8 Å². The number of amides is 2. The highest BCUT2D eigenvalue weighted by Gasteiger charge is 2.33. The van der Waals surface area contributed by atoms with Crippen LogP contribution in [0.3, 0.4) is 0 Å². The van der Waals surface area contributed by atoms with Crippen molar-refractivity contribution in [2.75, 3.05) is 0 Å². The molecule has 0 aromatic heterocycles. The van der Waals surface area contributed by atoms with Crippen LogP contribution in [0.4, 0.5) is 4.79 Å². The summed E-state index contributed by atoms with van der Waals surface area (Å²) in [6.45, 7) is 9.92. The first-order valence-corrected chi connectivity index (χ1v) is 6.94. The van der Waals surface area contributed by atoms with E-state index in [2.05, 4.69) is 10.6 Å². The average molecular weight is 302 g/mol. The zero-order valence-corrected chi connectivity index (χ0v) is 13.6. The van der Waals surface area contributed by atoms with Crippen LogP contribution in [0.1, 0.15) is 54.4 Å². The first kappa shape index (κ1) is 19.2. The van der Waals surface area contributed by atoms with E-state index in [9.17, 15) is 14.4 Å². The van der Waals surface area contributed by atoms with E-state index in [4.69, 9.17) is 9.84 Å². The van der Waals surface area contributed by atoms with Gasteiger partial charge in [0.2, 0.25) is 5.91 Å². The van der Waals surface area contributed by atoms with E-state index in [-0.39, 0.29) is 0 Å². The van der Waals surface area contributed by atoms with Crippen LogP contribution < -0.4 is 10.6 Å². The molecule has 0 aromatic rings. The van der Waals surface area contributed by atoms with Gasteiger partial charge in [0, 0.05) is 0 Å². The van der Waals surface area contributed by atoms with Gasteiger partial charge in [-0.25, -0.2) is 9.59 Å². The number of carbonyl (C=O) groups excluding carboxylic acids is 2. The fourth-order valence-corrected chi connectivity index (χ4v) is 1.50. The van der Waals surface area contributed by atoms with E-state index in [0.717, 1.165) is 0 Å². The van der Waals surface area contributed by atoms with Crippen LogP contribution in [0.15, 0.2) is 0 Å². The molecule has 0 bridgehead atoms. The highest BCUT2D eigenvalue weighted by Crippen LogP contribution is 2.10. The zero-order valence-electron chi connectivity index (χ0n) is 13.6. The number of nitrogens with one attached hydrogen (secondary N) is 2. The van der Waals surface area contributed by atoms with Crippen molar-refractivity contribution >= 4 is 18.0 Å². The molecule has 0 saturated heterocycles. The van der Waals surface area contributed by atoms with Crippen LogP contribution in [0, 0.1) is 0 Å². The van der Waals surface area contributed by atoms with Crippen LogP contribution in [0.2, 0.25) is 0 Å². The molecular weight excluding hydrogens is 276 g/mol. The number of carboxylic acids is 1. The van der Waals surface area contributed by atoms with Crippen LogP contribution in [0.5, 0.6) is 0 Å². The molecular formula is C14H26N2O5. The standard InChI is InChI=1S/C14H26N2O5/c1-7-8-9(10(17)18)15-11(19)14(5,6)16-12(20)21-13(2,3)4/h9H,7-8H2,1-6H3,(H,15,19)(H,16,20)(H,17,18)/t9-/m1/s1. The molecule has 3 N–H and O–H groups in total. The second-order valence-corrected chi connectivity index (χ2v) is 6.40. The second kappa shape index (κ2) is 7.28. The van der Waals surface area contributed by atoms with Crippen LogP contribution in [0.25, 0.3) is 0 Å². The lowest BCUT2D eigenvalue weighted by Gasteiger charge is -2.28. The van der Waals surface area contributed by atoms with Crippen molar-refractivity contribution in [3.63, 3.8) is 0 Å². The Balaban J connectivity index is 4.71. The number of aliphatic carboxylic acids is 1. The van der Waals surface area contributed by atoms with Gasteiger partial charge in [-0.05, 0) is 41.0 Å². The lowest BCUT2D eigenvalue weighted by molar-refractivity contribution is -0.142. The molecule has 21 heavy (non-hydrogen) atoms. The molecule has 0 fully saturated rings. The van der Waals surface area contributed by atoms with Gasteiger partial charge in [0.25, 0.3) is 0 Å². The molecule has 0 aliphatic heterocycles. The molecule has 122 valence electrons.